The van der Waals surface area contributed by atoms with Crippen molar-refractivity contribution in [1.29, 1.82) is 0 Å². The van der Waals surface area contributed by atoms with Gasteiger partial charge in [0.25, 0.3) is 5.91 Å². The first kappa shape index (κ1) is 22.1. The van der Waals surface area contributed by atoms with Crippen LogP contribution in [0.25, 0.3) is 16.5 Å². The lowest BCUT2D eigenvalue weighted by molar-refractivity contribution is 0.0939. The van der Waals surface area contributed by atoms with E-state index in [1.165, 1.54) is 0 Å². The molecule has 1 atom stereocenters. The predicted molar refractivity (Wildman–Crippen MR) is 114 cm³/mol. The lowest BCUT2D eigenvalue weighted by Crippen LogP contribution is -2.38. The summed E-state index contributed by atoms with van der Waals surface area (Å²) >= 11 is 0. The van der Waals surface area contributed by atoms with Gasteiger partial charge in [0.15, 0.2) is 5.69 Å². The van der Waals surface area contributed by atoms with E-state index in [2.05, 4.69) is 25.9 Å². The first-order valence-corrected chi connectivity index (χ1v) is 8.98. The molecule has 1 fully saturated rings. The largest absolute Gasteiger partial charge is 0.350 e. The number of benzene rings is 1. The molecule has 4 rings (SSSR count). The van der Waals surface area contributed by atoms with E-state index in [-0.39, 0.29) is 30.7 Å². The van der Waals surface area contributed by atoms with Crippen molar-refractivity contribution >= 4 is 41.5 Å². The molecule has 2 N–H and O–H groups in total. The fraction of sp³-hybridized carbons (Fsp3) is 0.368. The van der Waals surface area contributed by atoms with Crippen molar-refractivity contribution in [1.82, 2.24) is 30.6 Å². The Kier molecular flexibility index (Phi) is 7.74. The van der Waals surface area contributed by atoms with Crippen LogP contribution in [-0.2, 0) is 0 Å². The minimum absolute atomic E-state index is 0. The van der Waals surface area contributed by atoms with Gasteiger partial charge < -0.3 is 10.6 Å². The number of amides is 1. The third-order valence-corrected chi connectivity index (χ3v) is 4.95. The molecule has 2 aromatic heterocycles. The van der Waals surface area contributed by atoms with Crippen LogP contribution < -0.4 is 10.6 Å². The molecule has 28 heavy (non-hydrogen) atoms. The van der Waals surface area contributed by atoms with Crippen LogP contribution in [0, 0.1) is 12.8 Å². The van der Waals surface area contributed by atoms with Crippen molar-refractivity contribution in [2.45, 2.75) is 19.8 Å². The summed E-state index contributed by atoms with van der Waals surface area (Å²) in [5.41, 5.74) is 2.00. The number of hydrogen-bond acceptors (Lipinski definition) is 5. The molecule has 0 aliphatic carbocycles. The summed E-state index contributed by atoms with van der Waals surface area (Å²) in [6.45, 7) is 4.56. The van der Waals surface area contributed by atoms with Gasteiger partial charge in [0.1, 0.15) is 0 Å². The third-order valence-electron chi connectivity index (χ3n) is 4.95. The number of pyridine rings is 1. The quantitative estimate of drug-likeness (QED) is 0.674. The minimum Gasteiger partial charge on any atom is -0.350 e. The van der Waals surface area contributed by atoms with E-state index in [1.54, 1.807) is 10.9 Å². The number of carbonyl (C=O) groups is 1. The monoisotopic (exact) mass is 422 g/mol. The fourth-order valence-electron chi connectivity index (χ4n) is 3.48. The van der Waals surface area contributed by atoms with Gasteiger partial charge in [-0.05, 0) is 50.9 Å². The zero-order chi connectivity index (χ0) is 17.9. The Morgan fingerprint density at radius 1 is 1.32 bits per heavy atom. The molecule has 0 bridgehead atoms. The molecule has 7 nitrogen and oxygen atoms in total. The molecule has 1 amide bonds. The smallest absolute Gasteiger partial charge is 0.273 e. The first-order valence-electron chi connectivity index (χ1n) is 8.98. The average Bonchev–Trinajstić information content (AvgIpc) is 3.08. The second-order valence-corrected chi connectivity index (χ2v) is 6.73. The van der Waals surface area contributed by atoms with Gasteiger partial charge in [-0.3, -0.25) is 9.78 Å². The fourth-order valence-corrected chi connectivity index (χ4v) is 3.48. The zero-order valence-electron chi connectivity index (χ0n) is 15.6. The summed E-state index contributed by atoms with van der Waals surface area (Å²) in [5, 5.41) is 16.8. The van der Waals surface area contributed by atoms with E-state index in [0.717, 1.165) is 48.1 Å². The van der Waals surface area contributed by atoms with Crippen LogP contribution in [0.5, 0.6) is 0 Å². The molecule has 1 unspecified atom stereocenters. The van der Waals surface area contributed by atoms with Gasteiger partial charge in [-0.1, -0.05) is 17.3 Å². The van der Waals surface area contributed by atoms with Crippen molar-refractivity contribution in [2.75, 3.05) is 19.6 Å². The normalized spacial score (nSPS) is 16.1. The number of carbonyl (C=O) groups excluding carboxylic acids is 1. The number of hydrogen-bond donors (Lipinski definition) is 2. The number of fused-ring (bicyclic) bond motifs is 1. The maximum atomic E-state index is 12.6. The molecule has 3 heterocycles. The van der Waals surface area contributed by atoms with E-state index in [4.69, 9.17) is 0 Å². The van der Waals surface area contributed by atoms with Crippen molar-refractivity contribution in [3.05, 3.63) is 48.0 Å². The lowest BCUT2D eigenvalue weighted by atomic mass is 10.00. The average molecular weight is 423 g/mol. The summed E-state index contributed by atoms with van der Waals surface area (Å²) in [6, 6.07) is 7.88. The number of nitrogens with one attached hydrogen (secondary N) is 2. The standard InChI is InChI=1S/C19H22N6O.2ClH/c1-13-18(19(26)22-11-14-4-3-8-20-10-14)23-24-25(13)17-6-2-5-15-12-21-9-7-16(15)17;;/h2,5-7,9,12,14,20H,3-4,8,10-11H2,1H3,(H,22,26);2*1H. The van der Waals surface area contributed by atoms with Gasteiger partial charge in [-0.2, -0.15) is 0 Å². The van der Waals surface area contributed by atoms with Crippen LogP contribution in [0.1, 0.15) is 29.0 Å². The van der Waals surface area contributed by atoms with Crippen molar-refractivity contribution in [3.8, 4) is 5.69 Å². The first-order chi connectivity index (χ1) is 12.7. The third kappa shape index (κ3) is 4.43. The van der Waals surface area contributed by atoms with Gasteiger partial charge in [0.2, 0.25) is 0 Å². The molecular weight excluding hydrogens is 399 g/mol. The van der Waals surface area contributed by atoms with Crippen molar-refractivity contribution < 1.29 is 4.79 Å². The predicted octanol–water partition coefficient (Wildman–Crippen LogP) is 2.70. The highest BCUT2D eigenvalue weighted by atomic mass is 35.5. The highest BCUT2D eigenvalue weighted by Crippen LogP contribution is 2.22. The SMILES string of the molecule is Cc1c(C(=O)NCC2CCCNC2)nnn1-c1cccc2cnccc12.Cl.Cl. The van der Waals surface area contributed by atoms with E-state index < -0.39 is 0 Å². The van der Waals surface area contributed by atoms with Crippen LogP contribution in [0.2, 0.25) is 0 Å². The number of nitrogens with zero attached hydrogens (tertiary/aromatic N) is 4. The summed E-state index contributed by atoms with van der Waals surface area (Å²) < 4.78 is 1.72. The molecule has 0 radical (unpaired) electrons. The Morgan fingerprint density at radius 2 is 2.18 bits per heavy atom. The molecule has 1 aliphatic rings. The number of piperidine rings is 1. The minimum atomic E-state index is -0.166. The Balaban J connectivity index is 0.00000140. The molecule has 150 valence electrons. The van der Waals surface area contributed by atoms with Crippen LogP contribution in [-0.4, -0.2) is 45.5 Å². The highest BCUT2D eigenvalue weighted by Gasteiger charge is 2.20. The molecule has 0 saturated carbocycles. The molecule has 1 saturated heterocycles. The second-order valence-electron chi connectivity index (χ2n) is 6.73. The number of halogens is 2. The maximum absolute atomic E-state index is 12.6. The maximum Gasteiger partial charge on any atom is 0.273 e. The molecule has 1 aliphatic heterocycles. The van der Waals surface area contributed by atoms with E-state index in [9.17, 15) is 4.79 Å². The van der Waals surface area contributed by atoms with Crippen molar-refractivity contribution in [2.24, 2.45) is 5.92 Å². The topological polar surface area (TPSA) is 84.7 Å². The van der Waals surface area contributed by atoms with Crippen LogP contribution in [0.15, 0.2) is 36.7 Å². The number of rotatable bonds is 4. The molecule has 1 aromatic carbocycles. The Bertz CT molecular complexity index is 934. The molecule has 0 spiro atoms. The molecule has 3 aromatic rings. The van der Waals surface area contributed by atoms with Gasteiger partial charge >= 0.3 is 0 Å². The zero-order valence-corrected chi connectivity index (χ0v) is 17.2. The summed E-state index contributed by atoms with van der Waals surface area (Å²) in [5.74, 6) is 0.315. The van der Waals surface area contributed by atoms with Gasteiger partial charge in [0.05, 0.1) is 11.4 Å². The van der Waals surface area contributed by atoms with E-state index in [1.807, 2.05) is 37.4 Å². The van der Waals surface area contributed by atoms with Gasteiger partial charge in [-0.15, -0.1) is 29.9 Å². The van der Waals surface area contributed by atoms with Gasteiger partial charge in [-0.25, -0.2) is 4.68 Å². The van der Waals surface area contributed by atoms with Gasteiger partial charge in [0, 0.05) is 29.7 Å². The van der Waals surface area contributed by atoms with Crippen molar-refractivity contribution in [3.63, 3.8) is 0 Å². The molecule has 9 heteroatoms. The second kappa shape index (κ2) is 9.82. The Hall–Kier alpha value is -2.22. The van der Waals surface area contributed by atoms with Crippen LogP contribution >= 0.6 is 24.8 Å². The molecular formula is C19H24Cl2N6O. The summed E-state index contributed by atoms with van der Waals surface area (Å²) in [6.07, 6.45) is 5.87. The van der Waals surface area contributed by atoms with E-state index in [0.29, 0.717) is 18.2 Å². The Morgan fingerprint density at radius 3 is 2.96 bits per heavy atom. The number of aromatic nitrogens is 4. The van der Waals surface area contributed by atoms with E-state index >= 15 is 0 Å². The highest BCUT2D eigenvalue weighted by molar-refractivity contribution is 5.94. The summed E-state index contributed by atoms with van der Waals surface area (Å²) in [7, 11) is 0. The summed E-state index contributed by atoms with van der Waals surface area (Å²) in [4.78, 5) is 16.7. The van der Waals surface area contributed by atoms with Crippen LogP contribution in [0.3, 0.4) is 0 Å². The Labute approximate surface area is 176 Å². The van der Waals surface area contributed by atoms with Crippen LogP contribution in [0.4, 0.5) is 0 Å². The lowest BCUT2D eigenvalue weighted by Gasteiger charge is -2.22.